The second-order valence-electron chi connectivity index (χ2n) is 3.19. The third-order valence-corrected chi connectivity index (χ3v) is 2.08. The van der Waals surface area contributed by atoms with Crippen molar-refractivity contribution < 1.29 is 18.3 Å². The molecule has 0 aromatic carbocycles. The number of hydrogen-bond acceptors (Lipinski definition) is 2. The van der Waals surface area contributed by atoms with Crippen molar-refractivity contribution >= 4 is 5.91 Å². The van der Waals surface area contributed by atoms with Crippen LogP contribution in [0.1, 0.15) is 13.3 Å². The normalized spacial score (nSPS) is 28.0. The number of halogens is 2. The molecule has 0 saturated carbocycles. The predicted molar refractivity (Wildman–Crippen MR) is 42.5 cm³/mol. The molecule has 1 amide bonds. The van der Waals surface area contributed by atoms with Crippen LogP contribution in [0, 0.1) is 5.92 Å². The summed E-state index contributed by atoms with van der Waals surface area (Å²) in [6.07, 6.45) is -2.23. The van der Waals surface area contributed by atoms with Crippen LogP contribution in [0.3, 0.4) is 0 Å². The Labute approximate surface area is 75.4 Å². The van der Waals surface area contributed by atoms with Crippen LogP contribution in [0.25, 0.3) is 0 Å². The van der Waals surface area contributed by atoms with Gasteiger partial charge >= 0.3 is 0 Å². The molecule has 0 aromatic rings. The number of hydrogen-bond donors (Lipinski definition) is 1. The maximum atomic E-state index is 11.7. The fraction of sp³-hybridized carbons (Fsp3) is 0.875. The molecule has 0 radical (unpaired) electrons. The number of carbonyl (C=O) groups excluding carboxylic acids is 1. The minimum Gasteiger partial charge on any atom is -0.368 e. The van der Waals surface area contributed by atoms with Crippen LogP contribution < -0.4 is 5.32 Å². The highest BCUT2D eigenvalue weighted by atomic mass is 19.3. The molecular weight excluding hydrogens is 180 g/mol. The van der Waals surface area contributed by atoms with Crippen molar-refractivity contribution in [3.05, 3.63) is 0 Å². The predicted octanol–water partition coefficient (Wildman–Crippen LogP) is 0.793. The smallest absolute Gasteiger partial charge is 0.255 e. The van der Waals surface area contributed by atoms with Gasteiger partial charge in [0.15, 0.2) is 0 Å². The molecule has 0 aromatic heterocycles. The Balaban J connectivity index is 2.30. The van der Waals surface area contributed by atoms with Crippen LogP contribution >= 0.6 is 0 Å². The van der Waals surface area contributed by atoms with Crippen molar-refractivity contribution in [2.45, 2.75) is 25.9 Å². The van der Waals surface area contributed by atoms with E-state index in [9.17, 15) is 13.6 Å². The summed E-state index contributed by atoms with van der Waals surface area (Å²) in [5, 5.41) is 2.14. The lowest BCUT2D eigenvalue weighted by Gasteiger charge is -2.13. The molecule has 2 atom stereocenters. The average Bonchev–Trinajstić information content (AvgIpc) is 2.47. The van der Waals surface area contributed by atoms with Gasteiger partial charge < -0.3 is 10.1 Å². The first-order valence-electron chi connectivity index (χ1n) is 4.28. The molecule has 3 nitrogen and oxygen atoms in total. The molecule has 1 rings (SSSR count). The van der Waals surface area contributed by atoms with Gasteiger partial charge in [-0.05, 0) is 12.3 Å². The van der Waals surface area contributed by atoms with Gasteiger partial charge in [0.25, 0.3) is 6.43 Å². The van der Waals surface area contributed by atoms with Gasteiger partial charge in [0.1, 0.15) is 6.10 Å². The first kappa shape index (κ1) is 10.4. The summed E-state index contributed by atoms with van der Waals surface area (Å²) in [6.45, 7) is 1.82. The lowest BCUT2D eigenvalue weighted by atomic mass is 10.0. The van der Waals surface area contributed by atoms with E-state index in [-0.39, 0.29) is 5.92 Å². The van der Waals surface area contributed by atoms with E-state index >= 15 is 0 Å². The zero-order chi connectivity index (χ0) is 9.84. The largest absolute Gasteiger partial charge is 0.368 e. The van der Waals surface area contributed by atoms with Gasteiger partial charge in [-0.15, -0.1) is 0 Å². The van der Waals surface area contributed by atoms with Gasteiger partial charge in [0, 0.05) is 6.61 Å². The molecule has 1 N–H and O–H groups in total. The lowest BCUT2D eigenvalue weighted by Crippen LogP contribution is -2.39. The Morgan fingerprint density at radius 3 is 2.85 bits per heavy atom. The summed E-state index contributed by atoms with van der Waals surface area (Å²) >= 11 is 0. The standard InChI is InChI=1S/C8H13F2NO2/c1-5-2-3-13-7(5)8(12)11-4-6(9)10/h5-7H,2-4H2,1H3,(H,11,12). The van der Waals surface area contributed by atoms with E-state index in [4.69, 9.17) is 4.74 Å². The van der Waals surface area contributed by atoms with Gasteiger partial charge in [-0.3, -0.25) is 4.79 Å². The molecular formula is C8H13F2NO2. The first-order valence-corrected chi connectivity index (χ1v) is 4.28. The highest BCUT2D eigenvalue weighted by Crippen LogP contribution is 2.19. The van der Waals surface area contributed by atoms with Crippen LogP contribution in [0.2, 0.25) is 0 Å². The highest BCUT2D eigenvalue weighted by Gasteiger charge is 2.30. The number of rotatable bonds is 3. The van der Waals surface area contributed by atoms with Crippen molar-refractivity contribution in [2.24, 2.45) is 5.92 Å². The Hall–Kier alpha value is -0.710. The van der Waals surface area contributed by atoms with Gasteiger partial charge in [-0.2, -0.15) is 0 Å². The minimum atomic E-state index is -2.50. The van der Waals surface area contributed by atoms with Gasteiger partial charge in [0.05, 0.1) is 6.54 Å². The molecule has 13 heavy (non-hydrogen) atoms. The lowest BCUT2D eigenvalue weighted by molar-refractivity contribution is -0.132. The van der Waals surface area contributed by atoms with Crippen molar-refractivity contribution in [1.29, 1.82) is 0 Å². The highest BCUT2D eigenvalue weighted by molar-refractivity contribution is 5.81. The second kappa shape index (κ2) is 4.50. The molecule has 0 spiro atoms. The zero-order valence-corrected chi connectivity index (χ0v) is 7.43. The number of carbonyl (C=O) groups is 1. The molecule has 1 saturated heterocycles. The van der Waals surface area contributed by atoms with E-state index < -0.39 is 25.0 Å². The number of nitrogens with one attached hydrogen (secondary N) is 1. The Morgan fingerprint density at radius 2 is 2.38 bits per heavy atom. The Kier molecular flexibility index (Phi) is 3.59. The fourth-order valence-electron chi connectivity index (χ4n) is 1.31. The minimum absolute atomic E-state index is 0.123. The Bertz CT molecular complexity index is 187. The Morgan fingerprint density at radius 1 is 1.69 bits per heavy atom. The van der Waals surface area contributed by atoms with Crippen molar-refractivity contribution in [2.75, 3.05) is 13.2 Å². The number of alkyl halides is 2. The van der Waals surface area contributed by atoms with E-state index in [1.807, 2.05) is 6.92 Å². The molecule has 1 heterocycles. The summed E-state index contributed by atoms with van der Waals surface area (Å²) < 4.78 is 28.5. The van der Waals surface area contributed by atoms with Crippen LogP contribution in [-0.2, 0) is 9.53 Å². The van der Waals surface area contributed by atoms with Crippen molar-refractivity contribution in [3.8, 4) is 0 Å². The van der Waals surface area contributed by atoms with Gasteiger partial charge in [0.2, 0.25) is 5.91 Å². The van der Waals surface area contributed by atoms with Crippen LogP contribution in [0.5, 0.6) is 0 Å². The summed E-state index contributed by atoms with van der Waals surface area (Å²) in [5.41, 5.74) is 0. The molecule has 2 unspecified atom stereocenters. The SMILES string of the molecule is CC1CCOC1C(=O)NCC(F)F. The summed E-state index contributed by atoms with van der Waals surface area (Å²) in [4.78, 5) is 11.2. The van der Waals surface area contributed by atoms with Gasteiger partial charge in [-0.25, -0.2) is 8.78 Å². The summed E-state index contributed by atoms with van der Waals surface area (Å²) in [5.74, 6) is -0.303. The second-order valence-corrected chi connectivity index (χ2v) is 3.19. The average molecular weight is 193 g/mol. The molecule has 0 aliphatic carbocycles. The maximum absolute atomic E-state index is 11.7. The molecule has 1 fully saturated rings. The monoisotopic (exact) mass is 193 g/mol. The molecule has 76 valence electrons. The van der Waals surface area contributed by atoms with Crippen LogP contribution in [0.15, 0.2) is 0 Å². The summed E-state index contributed by atoms with van der Waals surface area (Å²) in [7, 11) is 0. The zero-order valence-electron chi connectivity index (χ0n) is 7.43. The fourth-order valence-corrected chi connectivity index (χ4v) is 1.31. The van der Waals surface area contributed by atoms with Crippen LogP contribution in [0.4, 0.5) is 8.78 Å². The quantitative estimate of drug-likeness (QED) is 0.719. The third-order valence-electron chi connectivity index (χ3n) is 2.08. The van der Waals surface area contributed by atoms with E-state index in [0.717, 1.165) is 6.42 Å². The van der Waals surface area contributed by atoms with E-state index in [2.05, 4.69) is 5.32 Å². The van der Waals surface area contributed by atoms with E-state index in [1.165, 1.54) is 0 Å². The van der Waals surface area contributed by atoms with E-state index in [1.54, 1.807) is 0 Å². The summed E-state index contributed by atoms with van der Waals surface area (Å²) in [6, 6.07) is 0. The molecule has 1 aliphatic heterocycles. The van der Waals surface area contributed by atoms with Crippen LogP contribution in [-0.4, -0.2) is 31.6 Å². The number of amides is 1. The van der Waals surface area contributed by atoms with Crippen molar-refractivity contribution in [3.63, 3.8) is 0 Å². The third kappa shape index (κ3) is 2.91. The molecule has 0 bridgehead atoms. The molecule has 1 aliphatic rings. The number of ether oxygens (including phenoxy) is 1. The first-order chi connectivity index (χ1) is 6.11. The maximum Gasteiger partial charge on any atom is 0.255 e. The topological polar surface area (TPSA) is 38.3 Å². The van der Waals surface area contributed by atoms with Gasteiger partial charge in [-0.1, -0.05) is 6.92 Å². The van der Waals surface area contributed by atoms with Crippen molar-refractivity contribution in [1.82, 2.24) is 5.32 Å². The van der Waals surface area contributed by atoms with E-state index in [0.29, 0.717) is 6.61 Å². The molecule has 5 heteroatoms.